The van der Waals surface area contributed by atoms with Gasteiger partial charge in [-0.2, -0.15) is 0 Å². The number of para-hydroxylation sites is 2. The molecule has 0 saturated carbocycles. The predicted octanol–water partition coefficient (Wildman–Crippen LogP) is 3.84. The van der Waals surface area contributed by atoms with Crippen molar-refractivity contribution in [1.29, 1.82) is 0 Å². The number of aryl methyl sites for hydroxylation is 1. The van der Waals surface area contributed by atoms with E-state index in [1.54, 1.807) is 6.92 Å². The minimum atomic E-state index is -0.596. The Kier molecular flexibility index (Phi) is 5.89. The van der Waals surface area contributed by atoms with Crippen molar-refractivity contribution in [2.75, 3.05) is 13.2 Å². The standard InChI is InChI=1S/C22H27NO4/c1-14(2)18-10-9-15(3)11-21(18)26-16(4)22(24)23-12-17-13-25-19-7-5-6-8-20(19)27-17/h5-11,14,16-17H,12-13H2,1-4H3,(H,23,24)/t16-,17-/m1/s1. The van der Waals surface area contributed by atoms with Crippen LogP contribution >= 0.6 is 0 Å². The van der Waals surface area contributed by atoms with Crippen molar-refractivity contribution in [3.63, 3.8) is 0 Å². The lowest BCUT2D eigenvalue weighted by Crippen LogP contribution is -2.44. The first-order valence-electron chi connectivity index (χ1n) is 9.37. The monoisotopic (exact) mass is 369 g/mol. The number of amides is 1. The van der Waals surface area contributed by atoms with Gasteiger partial charge in [0.05, 0.1) is 6.54 Å². The summed E-state index contributed by atoms with van der Waals surface area (Å²) < 4.78 is 17.5. The molecule has 144 valence electrons. The molecule has 0 spiro atoms. The van der Waals surface area contributed by atoms with E-state index in [0.717, 1.165) is 22.6 Å². The Balaban J connectivity index is 1.55. The first-order valence-corrected chi connectivity index (χ1v) is 9.37. The van der Waals surface area contributed by atoms with Gasteiger partial charge in [-0.1, -0.05) is 38.1 Å². The van der Waals surface area contributed by atoms with E-state index < -0.39 is 6.10 Å². The minimum Gasteiger partial charge on any atom is -0.486 e. The first kappa shape index (κ1) is 19.1. The zero-order chi connectivity index (χ0) is 19.4. The van der Waals surface area contributed by atoms with Gasteiger partial charge in [0.15, 0.2) is 17.6 Å². The molecule has 1 aliphatic heterocycles. The van der Waals surface area contributed by atoms with E-state index in [1.165, 1.54) is 0 Å². The highest BCUT2D eigenvalue weighted by Crippen LogP contribution is 2.31. The van der Waals surface area contributed by atoms with Gasteiger partial charge < -0.3 is 19.5 Å². The molecule has 2 aromatic rings. The molecule has 0 saturated heterocycles. The summed E-state index contributed by atoms with van der Waals surface area (Å²) >= 11 is 0. The quantitative estimate of drug-likeness (QED) is 0.840. The molecule has 1 heterocycles. The molecule has 2 atom stereocenters. The van der Waals surface area contributed by atoms with Crippen LogP contribution in [-0.2, 0) is 4.79 Å². The van der Waals surface area contributed by atoms with Crippen LogP contribution in [0.15, 0.2) is 42.5 Å². The van der Waals surface area contributed by atoms with Gasteiger partial charge in [-0.3, -0.25) is 4.79 Å². The van der Waals surface area contributed by atoms with Crippen molar-refractivity contribution < 1.29 is 19.0 Å². The summed E-state index contributed by atoms with van der Waals surface area (Å²) in [6.45, 7) is 8.77. The van der Waals surface area contributed by atoms with Gasteiger partial charge in [0.25, 0.3) is 5.91 Å². The number of carbonyl (C=O) groups excluding carboxylic acids is 1. The molecule has 0 aliphatic carbocycles. The minimum absolute atomic E-state index is 0.173. The number of hydrogen-bond acceptors (Lipinski definition) is 4. The third-order valence-corrected chi connectivity index (χ3v) is 4.54. The van der Waals surface area contributed by atoms with E-state index in [9.17, 15) is 4.79 Å². The van der Waals surface area contributed by atoms with Crippen LogP contribution in [0.1, 0.15) is 37.8 Å². The average molecular weight is 369 g/mol. The number of nitrogens with one attached hydrogen (secondary N) is 1. The van der Waals surface area contributed by atoms with Crippen LogP contribution in [0.2, 0.25) is 0 Å². The summed E-state index contributed by atoms with van der Waals surface area (Å²) in [7, 11) is 0. The number of carbonyl (C=O) groups is 1. The average Bonchev–Trinajstić information content (AvgIpc) is 2.65. The van der Waals surface area contributed by atoms with Crippen molar-refractivity contribution in [1.82, 2.24) is 5.32 Å². The van der Waals surface area contributed by atoms with Crippen molar-refractivity contribution in [3.8, 4) is 17.2 Å². The summed E-state index contributed by atoms with van der Waals surface area (Å²) in [5, 5.41) is 2.90. The first-order chi connectivity index (χ1) is 12.9. The van der Waals surface area contributed by atoms with Crippen LogP contribution in [0.5, 0.6) is 17.2 Å². The normalized spacial score (nSPS) is 16.7. The SMILES string of the molecule is Cc1ccc(C(C)C)c(O[C@H](C)C(=O)NC[C@@H]2COc3ccccc3O2)c1. The van der Waals surface area contributed by atoms with E-state index in [4.69, 9.17) is 14.2 Å². The van der Waals surface area contributed by atoms with Gasteiger partial charge >= 0.3 is 0 Å². The molecule has 1 N–H and O–H groups in total. The lowest BCUT2D eigenvalue weighted by atomic mass is 10.0. The third-order valence-electron chi connectivity index (χ3n) is 4.54. The van der Waals surface area contributed by atoms with E-state index >= 15 is 0 Å². The highest BCUT2D eigenvalue weighted by molar-refractivity contribution is 5.80. The van der Waals surface area contributed by atoms with Gasteiger partial charge in [-0.25, -0.2) is 0 Å². The summed E-state index contributed by atoms with van der Waals surface area (Å²) in [5.74, 6) is 2.35. The van der Waals surface area contributed by atoms with Crippen LogP contribution in [0.4, 0.5) is 0 Å². The van der Waals surface area contributed by atoms with Crippen molar-refractivity contribution in [2.24, 2.45) is 0 Å². The molecule has 5 nitrogen and oxygen atoms in total. The molecule has 0 bridgehead atoms. The maximum Gasteiger partial charge on any atom is 0.260 e. The van der Waals surface area contributed by atoms with Crippen LogP contribution in [0, 0.1) is 6.92 Å². The maximum absolute atomic E-state index is 12.5. The second-order valence-corrected chi connectivity index (χ2v) is 7.20. The molecule has 0 radical (unpaired) electrons. The summed E-state index contributed by atoms with van der Waals surface area (Å²) in [4.78, 5) is 12.5. The number of benzene rings is 2. The van der Waals surface area contributed by atoms with Crippen LogP contribution in [0.25, 0.3) is 0 Å². The Morgan fingerprint density at radius 2 is 1.93 bits per heavy atom. The largest absolute Gasteiger partial charge is 0.486 e. The predicted molar refractivity (Wildman–Crippen MR) is 105 cm³/mol. The molecule has 0 unspecified atom stereocenters. The molecule has 2 aromatic carbocycles. The molecule has 5 heteroatoms. The molecule has 0 aromatic heterocycles. The second-order valence-electron chi connectivity index (χ2n) is 7.20. The van der Waals surface area contributed by atoms with Crippen molar-refractivity contribution in [2.45, 2.75) is 45.8 Å². The molecule has 0 fully saturated rings. The molecule has 1 aliphatic rings. The van der Waals surface area contributed by atoms with Gasteiger partial charge in [0.1, 0.15) is 18.5 Å². The summed E-state index contributed by atoms with van der Waals surface area (Å²) in [6.07, 6.45) is -0.817. The van der Waals surface area contributed by atoms with Crippen LogP contribution in [0.3, 0.4) is 0 Å². The fourth-order valence-electron chi connectivity index (χ4n) is 2.99. The number of hydrogen-bond donors (Lipinski definition) is 1. The molecular weight excluding hydrogens is 342 g/mol. The zero-order valence-electron chi connectivity index (χ0n) is 16.3. The Morgan fingerprint density at radius 3 is 2.67 bits per heavy atom. The Morgan fingerprint density at radius 1 is 1.19 bits per heavy atom. The van der Waals surface area contributed by atoms with Crippen LogP contribution in [-0.4, -0.2) is 31.3 Å². The van der Waals surface area contributed by atoms with Gasteiger partial charge in [0.2, 0.25) is 0 Å². The summed E-state index contributed by atoms with van der Waals surface area (Å²) in [5.41, 5.74) is 2.20. The van der Waals surface area contributed by atoms with Crippen molar-refractivity contribution in [3.05, 3.63) is 53.6 Å². The third kappa shape index (κ3) is 4.73. The Labute approximate surface area is 160 Å². The van der Waals surface area contributed by atoms with E-state index in [2.05, 4.69) is 31.3 Å². The molecule has 3 rings (SSSR count). The van der Waals surface area contributed by atoms with Gasteiger partial charge in [-0.05, 0) is 49.1 Å². The van der Waals surface area contributed by atoms with E-state index in [1.807, 2.05) is 37.3 Å². The molecule has 1 amide bonds. The second kappa shape index (κ2) is 8.33. The number of ether oxygens (including phenoxy) is 3. The van der Waals surface area contributed by atoms with Gasteiger partial charge in [-0.15, -0.1) is 0 Å². The fraction of sp³-hybridized carbons (Fsp3) is 0.409. The topological polar surface area (TPSA) is 56.8 Å². The lowest BCUT2D eigenvalue weighted by Gasteiger charge is -2.27. The molecular formula is C22H27NO4. The highest BCUT2D eigenvalue weighted by atomic mass is 16.6. The van der Waals surface area contributed by atoms with Crippen molar-refractivity contribution >= 4 is 5.91 Å². The van der Waals surface area contributed by atoms with Gasteiger partial charge in [0, 0.05) is 0 Å². The zero-order valence-corrected chi connectivity index (χ0v) is 16.3. The summed E-state index contributed by atoms with van der Waals surface area (Å²) in [6, 6.07) is 13.6. The highest BCUT2D eigenvalue weighted by Gasteiger charge is 2.23. The van der Waals surface area contributed by atoms with E-state index in [-0.39, 0.29) is 12.0 Å². The molecule has 27 heavy (non-hydrogen) atoms. The maximum atomic E-state index is 12.5. The lowest BCUT2D eigenvalue weighted by molar-refractivity contribution is -0.127. The number of rotatable bonds is 6. The fourth-order valence-corrected chi connectivity index (χ4v) is 2.99. The van der Waals surface area contributed by atoms with Crippen LogP contribution < -0.4 is 19.5 Å². The Bertz CT molecular complexity index is 803. The smallest absolute Gasteiger partial charge is 0.260 e. The number of fused-ring (bicyclic) bond motifs is 1. The van der Waals surface area contributed by atoms with E-state index in [0.29, 0.717) is 24.8 Å². The Hall–Kier alpha value is -2.69.